The van der Waals surface area contributed by atoms with Crippen molar-refractivity contribution in [3.63, 3.8) is 0 Å². The zero-order chi connectivity index (χ0) is 19.8. The summed E-state index contributed by atoms with van der Waals surface area (Å²) in [6.07, 6.45) is 1.98. The molecule has 0 unspecified atom stereocenters. The van der Waals surface area contributed by atoms with Gasteiger partial charge in [-0.3, -0.25) is 9.69 Å². The van der Waals surface area contributed by atoms with Gasteiger partial charge in [0.1, 0.15) is 29.8 Å². The van der Waals surface area contributed by atoms with Gasteiger partial charge in [0.25, 0.3) is 5.91 Å². The van der Waals surface area contributed by atoms with Crippen LogP contribution in [-0.4, -0.2) is 56.6 Å². The predicted molar refractivity (Wildman–Crippen MR) is 97.6 cm³/mol. The largest absolute Gasteiger partial charge is 0.505 e. The van der Waals surface area contributed by atoms with Gasteiger partial charge in [-0.15, -0.1) is 0 Å². The maximum Gasteiger partial charge on any atom is 0.326 e. The van der Waals surface area contributed by atoms with Crippen molar-refractivity contribution in [1.29, 1.82) is 0 Å². The Balaban J connectivity index is 1.86. The van der Waals surface area contributed by atoms with Gasteiger partial charge in [-0.05, 0) is 25.9 Å². The molecule has 0 radical (unpaired) electrons. The van der Waals surface area contributed by atoms with Crippen molar-refractivity contribution in [2.75, 3.05) is 30.5 Å². The average molecular weight is 401 g/mol. The van der Waals surface area contributed by atoms with Gasteiger partial charge in [-0.1, -0.05) is 13.8 Å². The summed E-state index contributed by atoms with van der Waals surface area (Å²) in [5.41, 5.74) is -0.300. The van der Waals surface area contributed by atoms with Crippen molar-refractivity contribution in [3.05, 3.63) is 17.4 Å². The first-order chi connectivity index (χ1) is 12.8. The van der Waals surface area contributed by atoms with Gasteiger partial charge in [0.2, 0.25) is 0 Å². The van der Waals surface area contributed by atoms with Crippen molar-refractivity contribution < 1.29 is 27.4 Å². The molecule has 1 fully saturated rings. The lowest BCUT2D eigenvalue weighted by Gasteiger charge is -2.24. The molecule has 3 rings (SSSR count). The van der Waals surface area contributed by atoms with E-state index in [0.717, 1.165) is 25.9 Å². The number of hydrogen-bond acceptors (Lipinski definition) is 6. The molecule has 10 heteroatoms. The Kier molecular flexibility index (Phi) is 5.48. The molecule has 1 saturated heterocycles. The molecule has 1 amide bonds. The molecular formula is C17H24FN3O5S. The number of hydrogen-bond donors (Lipinski definition) is 2. The SMILES string of the molecule is CCCN(CCC)C[C@H]1Cc2c(cc(O)c(N3CC(=O)NS3(=O)=O)c2F)O1. The van der Waals surface area contributed by atoms with Crippen molar-refractivity contribution in [3.8, 4) is 11.5 Å². The van der Waals surface area contributed by atoms with Crippen LogP contribution in [0, 0.1) is 5.82 Å². The summed E-state index contributed by atoms with van der Waals surface area (Å²) in [7, 11) is -4.21. The van der Waals surface area contributed by atoms with E-state index in [4.69, 9.17) is 4.74 Å². The molecule has 0 spiro atoms. The zero-order valence-corrected chi connectivity index (χ0v) is 16.2. The van der Waals surface area contributed by atoms with Gasteiger partial charge in [-0.2, -0.15) is 8.42 Å². The van der Waals surface area contributed by atoms with E-state index in [-0.39, 0.29) is 23.8 Å². The van der Waals surface area contributed by atoms with Gasteiger partial charge in [0, 0.05) is 24.6 Å². The fourth-order valence-electron chi connectivity index (χ4n) is 3.59. The number of nitrogens with zero attached hydrogens (tertiary/aromatic N) is 2. The number of fused-ring (bicyclic) bond motifs is 1. The quantitative estimate of drug-likeness (QED) is 0.711. The summed E-state index contributed by atoms with van der Waals surface area (Å²) in [5, 5.41) is 10.2. The molecule has 0 bridgehead atoms. The lowest BCUT2D eigenvalue weighted by atomic mass is 10.1. The van der Waals surface area contributed by atoms with E-state index in [0.29, 0.717) is 10.8 Å². The van der Waals surface area contributed by atoms with Gasteiger partial charge in [0.05, 0.1) is 0 Å². The molecule has 2 N–H and O–H groups in total. The molecule has 2 heterocycles. The number of phenolic OH excluding ortho intramolecular Hbond substituents is 1. The highest BCUT2D eigenvalue weighted by molar-refractivity contribution is 7.92. The minimum atomic E-state index is -4.21. The Bertz CT molecular complexity index is 839. The van der Waals surface area contributed by atoms with E-state index in [2.05, 4.69) is 18.7 Å². The number of phenols is 1. The minimum absolute atomic E-state index is 0.211. The second-order valence-corrected chi connectivity index (χ2v) is 8.41. The number of carbonyl (C=O) groups is 1. The first-order valence-corrected chi connectivity index (χ1v) is 10.5. The monoisotopic (exact) mass is 401 g/mol. The van der Waals surface area contributed by atoms with Crippen LogP contribution in [0.3, 0.4) is 0 Å². The average Bonchev–Trinajstić information content (AvgIpc) is 3.07. The number of carbonyl (C=O) groups excluding carboxylic acids is 1. The molecule has 0 aromatic heterocycles. The van der Waals surface area contributed by atoms with Crippen LogP contribution in [0.15, 0.2) is 6.07 Å². The van der Waals surface area contributed by atoms with Crippen LogP contribution < -0.4 is 13.8 Å². The van der Waals surface area contributed by atoms with E-state index in [1.165, 1.54) is 6.07 Å². The van der Waals surface area contributed by atoms with Crippen LogP contribution in [0.25, 0.3) is 0 Å². The van der Waals surface area contributed by atoms with Gasteiger partial charge in [0.15, 0.2) is 5.82 Å². The molecule has 2 aliphatic heterocycles. The Morgan fingerprint density at radius 3 is 2.59 bits per heavy atom. The normalized spacial score (nSPS) is 20.7. The van der Waals surface area contributed by atoms with Crippen molar-refractivity contribution in [1.82, 2.24) is 9.62 Å². The van der Waals surface area contributed by atoms with E-state index < -0.39 is 39.9 Å². The van der Waals surface area contributed by atoms with Crippen LogP contribution >= 0.6 is 0 Å². The van der Waals surface area contributed by atoms with Gasteiger partial charge >= 0.3 is 10.2 Å². The zero-order valence-electron chi connectivity index (χ0n) is 15.4. The molecule has 0 aliphatic carbocycles. The lowest BCUT2D eigenvalue weighted by Crippen LogP contribution is -2.35. The number of aromatic hydroxyl groups is 1. The Morgan fingerprint density at radius 2 is 2.04 bits per heavy atom. The van der Waals surface area contributed by atoms with Crippen molar-refractivity contribution >= 4 is 21.8 Å². The molecule has 1 atom stereocenters. The van der Waals surface area contributed by atoms with Crippen LogP contribution in [0.4, 0.5) is 10.1 Å². The highest BCUT2D eigenvalue weighted by atomic mass is 32.2. The third-order valence-corrected chi connectivity index (χ3v) is 5.99. The summed E-state index contributed by atoms with van der Waals surface area (Å²) >= 11 is 0. The van der Waals surface area contributed by atoms with Crippen LogP contribution in [-0.2, 0) is 21.4 Å². The molecule has 1 aromatic carbocycles. The lowest BCUT2D eigenvalue weighted by molar-refractivity contribution is -0.117. The first kappa shape index (κ1) is 19.7. The molecule has 150 valence electrons. The molecular weight excluding hydrogens is 377 g/mol. The van der Waals surface area contributed by atoms with Gasteiger partial charge < -0.3 is 9.84 Å². The van der Waals surface area contributed by atoms with Gasteiger partial charge in [-0.25, -0.2) is 13.4 Å². The van der Waals surface area contributed by atoms with Crippen molar-refractivity contribution in [2.24, 2.45) is 0 Å². The molecule has 8 nitrogen and oxygen atoms in total. The second kappa shape index (κ2) is 7.51. The second-order valence-electron chi connectivity index (χ2n) is 6.82. The fraction of sp³-hybridized carbons (Fsp3) is 0.588. The van der Waals surface area contributed by atoms with Crippen molar-refractivity contribution in [2.45, 2.75) is 39.2 Å². The maximum absolute atomic E-state index is 15.1. The molecule has 27 heavy (non-hydrogen) atoms. The summed E-state index contributed by atoms with van der Waals surface area (Å²) < 4.78 is 47.2. The number of halogens is 1. The Hall–Kier alpha value is -2.07. The van der Waals surface area contributed by atoms with Crippen LogP contribution in [0.1, 0.15) is 32.3 Å². The van der Waals surface area contributed by atoms with E-state index >= 15 is 4.39 Å². The summed E-state index contributed by atoms with van der Waals surface area (Å²) in [6.45, 7) is 6.03. The third kappa shape index (κ3) is 3.81. The highest BCUT2D eigenvalue weighted by Gasteiger charge is 2.40. The topological polar surface area (TPSA) is 99.2 Å². The third-order valence-electron chi connectivity index (χ3n) is 4.62. The highest BCUT2D eigenvalue weighted by Crippen LogP contribution is 2.43. The number of benzene rings is 1. The number of rotatable bonds is 7. The van der Waals surface area contributed by atoms with E-state index in [1.54, 1.807) is 4.72 Å². The standard InChI is InChI=1S/C17H24FN3O5S/c1-3-5-20(6-4-2)9-11-7-12-14(26-11)8-13(22)17(16(12)18)21-10-15(23)19-27(21,24)25/h8,11,22H,3-7,9-10H2,1-2H3,(H,19,23)/t11-/m1/s1. The molecule has 0 saturated carbocycles. The summed E-state index contributed by atoms with van der Waals surface area (Å²) in [4.78, 5) is 13.7. The number of nitrogens with one attached hydrogen (secondary N) is 1. The van der Waals surface area contributed by atoms with E-state index in [1.807, 2.05) is 0 Å². The van der Waals surface area contributed by atoms with E-state index in [9.17, 15) is 18.3 Å². The summed E-state index contributed by atoms with van der Waals surface area (Å²) in [5.74, 6) is -2.02. The first-order valence-electron chi connectivity index (χ1n) is 9.03. The smallest absolute Gasteiger partial charge is 0.326 e. The number of ether oxygens (including phenoxy) is 1. The number of anilines is 1. The molecule has 1 aromatic rings. The molecule has 2 aliphatic rings. The fourth-order valence-corrected chi connectivity index (χ4v) is 4.75. The Labute approximate surface area is 158 Å². The summed E-state index contributed by atoms with van der Waals surface area (Å²) in [6, 6.07) is 1.22. The maximum atomic E-state index is 15.1. The minimum Gasteiger partial charge on any atom is -0.505 e. The number of amides is 1. The Morgan fingerprint density at radius 1 is 1.37 bits per heavy atom. The van der Waals surface area contributed by atoms with Crippen LogP contribution in [0.2, 0.25) is 0 Å². The van der Waals surface area contributed by atoms with Crippen LogP contribution in [0.5, 0.6) is 11.5 Å². The predicted octanol–water partition coefficient (Wildman–Crippen LogP) is 1.14.